The fourth-order valence-corrected chi connectivity index (χ4v) is 4.38. The van der Waals surface area contributed by atoms with Crippen LogP contribution in [0.5, 0.6) is 0 Å². The van der Waals surface area contributed by atoms with Crippen molar-refractivity contribution in [3.05, 3.63) is 11.9 Å². The van der Waals surface area contributed by atoms with Gasteiger partial charge in [0, 0.05) is 25.2 Å². The molecule has 1 fully saturated rings. The van der Waals surface area contributed by atoms with Crippen LogP contribution in [0.1, 0.15) is 25.8 Å². The van der Waals surface area contributed by atoms with Gasteiger partial charge in [0.25, 0.3) is 0 Å². The molecule has 2 rings (SSSR count). The molecule has 112 valence electrons. The molecular formula is C13H22N4O2S. The fraction of sp³-hybridized carbons (Fsp3) is 0.692. The van der Waals surface area contributed by atoms with Gasteiger partial charge in [0.1, 0.15) is 18.0 Å². The Bertz CT molecular complexity index is 574. The molecule has 2 heterocycles. The Morgan fingerprint density at radius 2 is 2.15 bits per heavy atom. The summed E-state index contributed by atoms with van der Waals surface area (Å²) < 4.78 is 23.3. The van der Waals surface area contributed by atoms with Gasteiger partial charge in [-0.05, 0) is 19.8 Å². The largest absolute Gasteiger partial charge is 0.370 e. The number of anilines is 2. The van der Waals surface area contributed by atoms with Crippen LogP contribution in [0.2, 0.25) is 0 Å². The van der Waals surface area contributed by atoms with Gasteiger partial charge in [-0.2, -0.15) is 0 Å². The fourth-order valence-electron chi connectivity index (χ4n) is 2.61. The van der Waals surface area contributed by atoms with Crippen LogP contribution in [0.4, 0.5) is 11.6 Å². The first kappa shape index (κ1) is 15.0. The zero-order valence-electron chi connectivity index (χ0n) is 12.3. The van der Waals surface area contributed by atoms with E-state index in [1.54, 1.807) is 0 Å². The second kappa shape index (κ2) is 5.95. The van der Waals surface area contributed by atoms with Crippen molar-refractivity contribution in [2.24, 2.45) is 0 Å². The van der Waals surface area contributed by atoms with Gasteiger partial charge >= 0.3 is 0 Å². The maximum atomic E-state index is 11.6. The maximum absolute atomic E-state index is 11.6. The third-order valence-electron chi connectivity index (χ3n) is 3.71. The van der Waals surface area contributed by atoms with E-state index in [9.17, 15) is 8.42 Å². The van der Waals surface area contributed by atoms with Gasteiger partial charge in [0.2, 0.25) is 0 Å². The summed E-state index contributed by atoms with van der Waals surface area (Å²) in [5.74, 6) is 2.16. The van der Waals surface area contributed by atoms with Gasteiger partial charge < -0.3 is 10.2 Å². The van der Waals surface area contributed by atoms with E-state index < -0.39 is 9.84 Å². The minimum Gasteiger partial charge on any atom is -0.370 e. The van der Waals surface area contributed by atoms with Gasteiger partial charge in [0.05, 0.1) is 11.5 Å². The lowest BCUT2D eigenvalue weighted by Crippen LogP contribution is -2.34. The Morgan fingerprint density at radius 3 is 2.70 bits per heavy atom. The number of aromatic nitrogens is 2. The minimum atomic E-state index is -2.89. The molecule has 1 atom stereocenters. The first-order valence-corrected chi connectivity index (χ1v) is 8.81. The molecule has 1 saturated heterocycles. The number of hydrogen-bond donors (Lipinski definition) is 1. The summed E-state index contributed by atoms with van der Waals surface area (Å²) in [6.45, 7) is 4.88. The molecule has 0 radical (unpaired) electrons. The molecule has 1 aliphatic rings. The predicted molar refractivity (Wildman–Crippen MR) is 81.0 cm³/mol. The highest BCUT2D eigenvalue weighted by Gasteiger charge is 2.32. The van der Waals surface area contributed by atoms with E-state index >= 15 is 0 Å². The van der Waals surface area contributed by atoms with Gasteiger partial charge in [0.15, 0.2) is 9.84 Å². The second-order valence-corrected chi connectivity index (χ2v) is 7.30. The normalized spacial score (nSPS) is 20.9. The molecule has 1 unspecified atom stereocenters. The summed E-state index contributed by atoms with van der Waals surface area (Å²) in [7, 11) is -0.970. The van der Waals surface area contributed by atoms with Crippen LogP contribution in [0, 0.1) is 0 Å². The van der Waals surface area contributed by atoms with E-state index in [4.69, 9.17) is 0 Å². The zero-order valence-corrected chi connectivity index (χ0v) is 13.1. The maximum Gasteiger partial charge on any atom is 0.152 e. The van der Waals surface area contributed by atoms with Crippen LogP contribution in [0.25, 0.3) is 0 Å². The molecule has 1 aromatic rings. The van der Waals surface area contributed by atoms with Gasteiger partial charge in [-0.15, -0.1) is 0 Å². The lowest BCUT2D eigenvalue weighted by molar-refractivity contribution is 0.600. The average Bonchev–Trinajstić information content (AvgIpc) is 2.78. The second-order valence-electron chi connectivity index (χ2n) is 5.08. The minimum absolute atomic E-state index is 0.00896. The lowest BCUT2D eigenvalue weighted by atomic mass is 10.1. The molecule has 0 spiro atoms. The van der Waals surface area contributed by atoms with Crippen molar-refractivity contribution in [3.8, 4) is 0 Å². The van der Waals surface area contributed by atoms with E-state index in [1.165, 1.54) is 6.33 Å². The van der Waals surface area contributed by atoms with Crippen LogP contribution in [-0.4, -0.2) is 49.5 Å². The molecule has 1 aliphatic heterocycles. The van der Waals surface area contributed by atoms with Gasteiger partial charge in [-0.25, -0.2) is 18.4 Å². The van der Waals surface area contributed by atoms with E-state index in [0.29, 0.717) is 6.42 Å². The lowest BCUT2D eigenvalue weighted by Gasteiger charge is -2.27. The summed E-state index contributed by atoms with van der Waals surface area (Å²) >= 11 is 0. The molecule has 0 saturated carbocycles. The van der Waals surface area contributed by atoms with Crippen molar-refractivity contribution in [2.75, 3.05) is 35.3 Å². The van der Waals surface area contributed by atoms with Crippen molar-refractivity contribution in [1.29, 1.82) is 0 Å². The van der Waals surface area contributed by atoms with Crippen LogP contribution in [0.15, 0.2) is 6.33 Å². The Hall–Kier alpha value is -1.37. The highest BCUT2D eigenvalue weighted by atomic mass is 32.2. The topological polar surface area (TPSA) is 75.2 Å². The Morgan fingerprint density at radius 1 is 1.40 bits per heavy atom. The Balaban J connectivity index is 2.30. The molecule has 1 N–H and O–H groups in total. The van der Waals surface area contributed by atoms with E-state index in [-0.39, 0.29) is 17.5 Å². The molecule has 6 nitrogen and oxygen atoms in total. The number of sulfone groups is 1. The third kappa shape index (κ3) is 3.03. The number of hydrogen-bond acceptors (Lipinski definition) is 6. The highest BCUT2D eigenvalue weighted by Crippen LogP contribution is 2.27. The highest BCUT2D eigenvalue weighted by molar-refractivity contribution is 7.91. The van der Waals surface area contributed by atoms with E-state index in [0.717, 1.165) is 30.2 Å². The van der Waals surface area contributed by atoms with Crippen molar-refractivity contribution in [1.82, 2.24) is 9.97 Å². The summed E-state index contributed by atoms with van der Waals surface area (Å²) in [6, 6.07) is 0.00896. The van der Waals surface area contributed by atoms with Crippen molar-refractivity contribution in [2.45, 2.75) is 32.7 Å². The standard InChI is InChI=1S/C13H22N4O2S/c1-4-11-12(14-5-2)15-9-16-13(11)17(3)10-6-7-20(18,19)8-10/h9-10H,4-8H2,1-3H3,(H,14,15,16). The molecular weight excluding hydrogens is 276 g/mol. The van der Waals surface area contributed by atoms with Gasteiger partial charge in [-0.3, -0.25) is 0 Å². The smallest absolute Gasteiger partial charge is 0.152 e. The number of nitrogens with zero attached hydrogens (tertiary/aromatic N) is 3. The van der Waals surface area contributed by atoms with Crippen LogP contribution < -0.4 is 10.2 Å². The molecule has 1 aromatic heterocycles. The van der Waals surface area contributed by atoms with Gasteiger partial charge in [-0.1, -0.05) is 6.92 Å². The summed E-state index contributed by atoms with van der Waals surface area (Å²) in [5, 5.41) is 3.23. The monoisotopic (exact) mass is 298 g/mol. The molecule has 0 aromatic carbocycles. The quantitative estimate of drug-likeness (QED) is 0.877. The molecule has 0 aliphatic carbocycles. The predicted octanol–water partition coefficient (Wildman–Crippen LogP) is 1.09. The Kier molecular flexibility index (Phi) is 4.47. The van der Waals surface area contributed by atoms with Crippen LogP contribution in [-0.2, 0) is 16.3 Å². The molecule has 20 heavy (non-hydrogen) atoms. The zero-order chi connectivity index (χ0) is 14.8. The third-order valence-corrected chi connectivity index (χ3v) is 5.46. The molecule has 7 heteroatoms. The average molecular weight is 298 g/mol. The summed E-state index contributed by atoms with van der Waals surface area (Å²) in [6.07, 6.45) is 3.01. The van der Waals surface area contributed by atoms with Crippen molar-refractivity contribution < 1.29 is 8.42 Å². The van der Waals surface area contributed by atoms with Crippen molar-refractivity contribution in [3.63, 3.8) is 0 Å². The summed E-state index contributed by atoms with van der Waals surface area (Å²) in [5.41, 5.74) is 1.04. The van der Waals surface area contributed by atoms with E-state index in [1.807, 2.05) is 18.9 Å². The van der Waals surface area contributed by atoms with E-state index in [2.05, 4.69) is 22.2 Å². The molecule has 0 bridgehead atoms. The molecule has 0 amide bonds. The van der Waals surface area contributed by atoms with Crippen LogP contribution in [0.3, 0.4) is 0 Å². The van der Waals surface area contributed by atoms with Crippen molar-refractivity contribution >= 4 is 21.5 Å². The number of rotatable bonds is 5. The van der Waals surface area contributed by atoms with Crippen LogP contribution >= 0.6 is 0 Å². The first-order chi connectivity index (χ1) is 9.48. The first-order valence-electron chi connectivity index (χ1n) is 6.99. The SMILES string of the molecule is CCNc1ncnc(N(C)C2CCS(=O)(=O)C2)c1CC. The Labute approximate surface area is 120 Å². The number of nitrogens with one attached hydrogen (secondary N) is 1. The summed E-state index contributed by atoms with van der Waals surface area (Å²) in [4.78, 5) is 10.6.